The zero-order chi connectivity index (χ0) is 15.3. The topological polar surface area (TPSA) is 86.7 Å². The molecule has 2 aliphatic rings. The Balaban J connectivity index is 2.11. The number of aliphatic carboxylic acids is 1. The van der Waals surface area contributed by atoms with Gasteiger partial charge in [-0.3, -0.25) is 4.79 Å². The monoisotopic (exact) mass is 318 g/mol. The molecule has 1 heterocycles. The molecule has 2 rings (SSSR count). The van der Waals surface area contributed by atoms with E-state index in [2.05, 4.69) is 4.72 Å². The van der Waals surface area contributed by atoms with E-state index in [9.17, 15) is 13.2 Å². The number of carboxylic acids is 1. The van der Waals surface area contributed by atoms with Crippen LogP contribution in [-0.2, 0) is 15.0 Å². The van der Waals surface area contributed by atoms with Gasteiger partial charge in [0.25, 0.3) is 10.2 Å². The predicted octanol–water partition coefficient (Wildman–Crippen LogP) is 1.87. The molecule has 0 radical (unpaired) electrons. The molecule has 1 saturated heterocycles. The zero-order valence-electron chi connectivity index (χ0n) is 12.5. The van der Waals surface area contributed by atoms with E-state index in [-0.39, 0.29) is 6.42 Å². The second kappa shape index (κ2) is 7.07. The van der Waals surface area contributed by atoms with Crippen LogP contribution in [0.25, 0.3) is 0 Å². The lowest BCUT2D eigenvalue weighted by Gasteiger charge is -2.38. The van der Waals surface area contributed by atoms with Crippen molar-refractivity contribution in [3.05, 3.63) is 0 Å². The van der Waals surface area contributed by atoms with Gasteiger partial charge in [-0.2, -0.15) is 17.4 Å². The molecule has 21 heavy (non-hydrogen) atoms. The van der Waals surface area contributed by atoms with Gasteiger partial charge in [-0.15, -0.1) is 0 Å². The summed E-state index contributed by atoms with van der Waals surface area (Å²) in [6.45, 7) is 1.08. The lowest BCUT2D eigenvalue weighted by Crippen LogP contribution is -2.55. The third-order valence-corrected chi connectivity index (χ3v) is 6.29. The Morgan fingerprint density at radius 1 is 1.00 bits per heavy atom. The van der Waals surface area contributed by atoms with E-state index in [1.807, 2.05) is 0 Å². The Morgan fingerprint density at radius 3 is 2.05 bits per heavy atom. The van der Waals surface area contributed by atoms with Gasteiger partial charge in [0.1, 0.15) is 0 Å². The van der Waals surface area contributed by atoms with Crippen molar-refractivity contribution >= 4 is 16.2 Å². The molecule has 7 heteroatoms. The highest BCUT2D eigenvalue weighted by molar-refractivity contribution is 7.87. The van der Waals surface area contributed by atoms with Crippen LogP contribution < -0.4 is 4.72 Å². The third kappa shape index (κ3) is 4.66. The minimum Gasteiger partial charge on any atom is -0.481 e. The Hall–Kier alpha value is -0.660. The molecule has 6 nitrogen and oxygen atoms in total. The van der Waals surface area contributed by atoms with E-state index in [1.165, 1.54) is 4.31 Å². The molecule has 1 aliphatic carbocycles. The predicted molar refractivity (Wildman–Crippen MR) is 80.2 cm³/mol. The molecule has 2 fully saturated rings. The summed E-state index contributed by atoms with van der Waals surface area (Å²) < 4.78 is 29.5. The van der Waals surface area contributed by atoms with Gasteiger partial charge in [0.05, 0.1) is 6.42 Å². The number of hydrogen-bond donors (Lipinski definition) is 2. The molecule has 0 aromatic carbocycles. The quantitative estimate of drug-likeness (QED) is 0.810. The Labute approximate surface area is 127 Å². The van der Waals surface area contributed by atoms with Crippen LogP contribution in [0.4, 0.5) is 0 Å². The second-order valence-corrected chi connectivity index (χ2v) is 8.00. The Bertz CT molecular complexity index is 450. The maximum atomic E-state index is 12.6. The van der Waals surface area contributed by atoms with Crippen molar-refractivity contribution in [3.8, 4) is 0 Å². The summed E-state index contributed by atoms with van der Waals surface area (Å²) in [4.78, 5) is 11.1. The number of rotatable bonds is 5. The van der Waals surface area contributed by atoms with Gasteiger partial charge in [0, 0.05) is 18.6 Å². The lowest BCUT2D eigenvalue weighted by atomic mass is 9.80. The van der Waals surface area contributed by atoms with Crippen molar-refractivity contribution in [1.29, 1.82) is 0 Å². The smallest absolute Gasteiger partial charge is 0.305 e. The first-order chi connectivity index (χ1) is 9.94. The largest absolute Gasteiger partial charge is 0.481 e. The van der Waals surface area contributed by atoms with Crippen molar-refractivity contribution in [2.45, 2.75) is 69.7 Å². The summed E-state index contributed by atoms with van der Waals surface area (Å²) in [5.74, 6) is -0.935. The molecule has 122 valence electrons. The van der Waals surface area contributed by atoms with Gasteiger partial charge < -0.3 is 5.11 Å². The number of hydrogen-bond acceptors (Lipinski definition) is 3. The van der Waals surface area contributed by atoms with Gasteiger partial charge in [-0.25, -0.2) is 0 Å². The average Bonchev–Trinajstić information content (AvgIpc) is 2.67. The van der Waals surface area contributed by atoms with Crippen molar-refractivity contribution in [1.82, 2.24) is 9.03 Å². The van der Waals surface area contributed by atoms with Crippen LogP contribution in [0.3, 0.4) is 0 Å². The van der Waals surface area contributed by atoms with Crippen LogP contribution in [-0.4, -0.2) is 42.4 Å². The number of nitrogens with zero attached hydrogens (tertiary/aromatic N) is 1. The fourth-order valence-electron chi connectivity index (χ4n) is 3.45. The van der Waals surface area contributed by atoms with E-state index in [4.69, 9.17) is 5.11 Å². The molecule has 0 spiro atoms. The van der Waals surface area contributed by atoms with Gasteiger partial charge in [0.2, 0.25) is 0 Å². The van der Waals surface area contributed by atoms with E-state index in [0.29, 0.717) is 25.9 Å². The highest BCUT2D eigenvalue weighted by Crippen LogP contribution is 2.32. The lowest BCUT2D eigenvalue weighted by molar-refractivity contribution is -0.138. The normalized spacial score (nSPS) is 24.4. The van der Waals surface area contributed by atoms with E-state index in [0.717, 1.165) is 44.9 Å². The maximum Gasteiger partial charge on any atom is 0.305 e. The Morgan fingerprint density at radius 2 is 1.52 bits per heavy atom. The first kappa shape index (κ1) is 16.7. The minimum atomic E-state index is -3.59. The summed E-state index contributed by atoms with van der Waals surface area (Å²) >= 11 is 0. The van der Waals surface area contributed by atoms with E-state index < -0.39 is 21.7 Å². The third-order valence-electron chi connectivity index (χ3n) is 4.55. The molecule has 1 aliphatic heterocycles. The number of carboxylic acid groups (broad SMARTS) is 1. The second-order valence-electron chi connectivity index (χ2n) is 6.33. The molecular weight excluding hydrogens is 292 g/mol. The van der Waals surface area contributed by atoms with Gasteiger partial charge in [-0.1, -0.05) is 32.1 Å². The first-order valence-corrected chi connectivity index (χ1v) is 9.38. The van der Waals surface area contributed by atoms with Crippen LogP contribution in [0.2, 0.25) is 0 Å². The Kier molecular flexibility index (Phi) is 5.62. The van der Waals surface area contributed by atoms with Crippen LogP contribution in [0, 0.1) is 0 Å². The maximum absolute atomic E-state index is 12.6. The summed E-state index contributed by atoms with van der Waals surface area (Å²) in [5, 5.41) is 9.13. The van der Waals surface area contributed by atoms with E-state index >= 15 is 0 Å². The molecule has 0 aromatic rings. The van der Waals surface area contributed by atoms with Crippen molar-refractivity contribution < 1.29 is 18.3 Å². The summed E-state index contributed by atoms with van der Waals surface area (Å²) in [5.41, 5.74) is -0.796. The highest BCUT2D eigenvalue weighted by atomic mass is 32.2. The van der Waals surface area contributed by atoms with Crippen molar-refractivity contribution in [2.75, 3.05) is 13.1 Å². The minimum absolute atomic E-state index is 0.125. The van der Waals surface area contributed by atoms with Crippen molar-refractivity contribution in [3.63, 3.8) is 0 Å². The number of carbonyl (C=O) groups is 1. The molecule has 2 N–H and O–H groups in total. The van der Waals surface area contributed by atoms with Gasteiger partial charge in [0.15, 0.2) is 0 Å². The summed E-state index contributed by atoms with van der Waals surface area (Å²) in [6.07, 6.45) is 7.81. The zero-order valence-corrected chi connectivity index (χ0v) is 13.3. The fraction of sp³-hybridized carbons (Fsp3) is 0.929. The number of nitrogens with one attached hydrogen (secondary N) is 1. The summed E-state index contributed by atoms with van der Waals surface area (Å²) in [7, 11) is -3.59. The molecule has 0 bridgehead atoms. The van der Waals surface area contributed by atoms with Crippen molar-refractivity contribution in [2.24, 2.45) is 0 Å². The van der Waals surface area contributed by atoms with Crippen LogP contribution in [0.15, 0.2) is 0 Å². The fourth-order valence-corrected chi connectivity index (χ4v) is 5.14. The van der Waals surface area contributed by atoms with Crippen LogP contribution >= 0.6 is 0 Å². The molecule has 0 unspecified atom stereocenters. The first-order valence-electron chi connectivity index (χ1n) is 7.94. The molecule has 0 atom stereocenters. The summed E-state index contributed by atoms with van der Waals surface area (Å²) in [6, 6.07) is 0. The van der Waals surface area contributed by atoms with E-state index in [1.54, 1.807) is 0 Å². The SMILES string of the molecule is O=C(O)CC1(NS(=O)(=O)N2CCCCCC2)CCCCC1. The average molecular weight is 318 g/mol. The highest BCUT2D eigenvalue weighted by Gasteiger charge is 2.39. The molecule has 1 saturated carbocycles. The van der Waals surface area contributed by atoms with Gasteiger partial charge >= 0.3 is 5.97 Å². The van der Waals surface area contributed by atoms with Crippen LogP contribution in [0.5, 0.6) is 0 Å². The molecular formula is C14H26N2O4S. The standard InChI is InChI=1S/C14H26N2O4S/c17-13(18)12-14(8-4-3-5-9-14)15-21(19,20)16-10-6-1-2-7-11-16/h15H,1-12H2,(H,17,18). The van der Waals surface area contributed by atoms with Crippen LogP contribution in [0.1, 0.15) is 64.2 Å². The van der Waals surface area contributed by atoms with Gasteiger partial charge in [-0.05, 0) is 25.7 Å². The molecule has 0 aromatic heterocycles. The molecule has 0 amide bonds.